The molecule has 2 saturated carbocycles. The van der Waals surface area contributed by atoms with E-state index in [1.54, 1.807) is 6.92 Å². The summed E-state index contributed by atoms with van der Waals surface area (Å²) in [6.45, 7) is 5.56. The Balaban J connectivity index is 1.86. The van der Waals surface area contributed by atoms with Gasteiger partial charge in [0.05, 0.1) is 11.8 Å². The predicted molar refractivity (Wildman–Crippen MR) is 83.6 cm³/mol. The molecule has 1 heterocycles. The second-order valence-electron chi connectivity index (χ2n) is 8.14. The number of carbonyl (C=O) groups is 1. The fourth-order valence-corrected chi connectivity index (χ4v) is 7.88. The zero-order valence-electron chi connectivity index (χ0n) is 13.8. The van der Waals surface area contributed by atoms with Crippen LogP contribution in [0.4, 0.5) is 0 Å². The second-order valence-corrected chi connectivity index (χ2v) is 9.98. The molecular formula is C15H24N2O5S. The molecule has 3 fully saturated rings. The highest BCUT2D eigenvalue weighted by Crippen LogP contribution is 2.70. The van der Waals surface area contributed by atoms with Crippen LogP contribution >= 0.6 is 0 Å². The third kappa shape index (κ3) is 2.21. The first kappa shape index (κ1) is 16.7. The smallest absolute Gasteiger partial charge is 0.238 e. The first-order chi connectivity index (χ1) is 10.5. The van der Waals surface area contributed by atoms with Crippen LogP contribution in [0.3, 0.4) is 0 Å². The molecule has 0 aromatic heterocycles. The predicted octanol–water partition coefficient (Wildman–Crippen LogP) is 1.66. The van der Waals surface area contributed by atoms with Crippen LogP contribution in [0.15, 0.2) is 0 Å². The summed E-state index contributed by atoms with van der Waals surface area (Å²) in [6.07, 6.45) is 2.53. The highest BCUT2D eigenvalue weighted by Gasteiger charge is 2.72. The topological polar surface area (TPSA) is 97.6 Å². The molecule has 2 aliphatic carbocycles. The van der Waals surface area contributed by atoms with Gasteiger partial charge in [0, 0.05) is 22.7 Å². The van der Waals surface area contributed by atoms with Crippen molar-refractivity contribution in [1.29, 1.82) is 0 Å². The van der Waals surface area contributed by atoms with Gasteiger partial charge in [-0.15, -0.1) is 0 Å². The molecule has 0 aromatic carbocycles. The normalized spacial score (nSPS) is 37.6. The molecule has 1 spiro atoms. The average Bonchev–Trinajstić information content (AvgIpc) is 2.83. The minimum Gasteiger partial charge on any atom is -0.274 e. The largest absolute Gasteiger partial charge is 0.274 e. The summed E-state index contributed by atoms with van der Waals surface area (Å²) in [5.74, 6) is -0.432. The number of hydrogen-bond acceptors (Lipinski definition) is 5. The van der Waals surface area contributed by atoms with Gasteiger partial charge in [0.25, 0.3) is 0 Å². The van der Waals surface area contributed by atoms with E-state index in [1.807, 2.05) is 0 Å². The van der Waals surface area contributed by atoms with Crippen molar-refractivity contribution < 1.29 is 18.1 Å². The van der Waals surface area contributed by atoms with Gasteiger partial charge < -0.3 is 0 Å². The molecule has 3 rings (SSSR count). The number of fused-ring (bicyclic) bond motifs is 1. The molecule has 2 bridgehead atoms. The number of nitrogens with zero attached hydrogens (tertiary/aromatic N) is 2. The summed E-state index contributed by atoms with van der Waals surface area (Å²) >= 11 is 0. The van der Waals surface area contributed by atoms with Gasteiger partial charge in [0.2, 0.25) is 22.5 Å². The van der Waals surface area contributed by atoms with E-state index in [-0.39, 0.29) is 35.6 Å². The van der Waals surface area contributed by atoms with Crippen molar-refractivity contribution >= 4 is 15.9 Å². The Morgan fingerprint density at radius 3 is 2.65 bits per heavy atom. The standard InChI is InChI=1S/C15H24N2O5S/c1-10(8-16(19)20)6-13(18)17-12-7-11-4-5-15(12,14(11,2)3)9-23(17,21)22/h10-12H,4-9H2,1-3H3/t10-,11+,12+,15+/m0/s1. The Hall–Kier alpha value is -1.18. The van der Waals surface area contributed by atoms with Crippen LogP contribution in [0.5, 0.6) is 0 Å². The van der Waals surface area contributed by atoms with Crippen LogP contribution in [0.2, 0.25) is 0 Å². The third-order valence-corrected chi connectivity index (χ3v) is 8.58. The summed E-state index contributed by atoms with van der Waals surface area (Å²) in [5, 5.41) is 10.6. The highest BCUT2D eigenvalue weighted by molar-refractivity contribution is 7.90. The lowest BCUT2D eigenvalue weighted by Gasteiger charge is -2.37. The molecule has 0 radical (unpaired) electrons. The van der Waals surface area contributed by atoms with Crippen molar-refractivity contribution in [3.63, 3.8) is 0 Å². The first-order valence-electron chi connectivity index (χ1n) is 8.18. The molecular weight excluding hydrogens is 320 g/mol. The van der Waals surface area contributed by atoms with E-state index in [9.17, 15) is 23.3 Å². The maximum atomic E-state index is 12.7. The molecule has 1 saturated heterocycles. The SMILES string of the molecule is C[C@@H](CC(=O)N1[C@@H]2C[C@H]3CC[C@]2(CS1(=O)=O)C3(C)C)C[N+](=O)[O-]. The van der Waals surface area contributed by atoms with Crippen molar-refractivity contribution in [2.75, 3.05) is 12.3 Å². The number of amides is 1. The van der Waals surface area contributed by atoms with Gasteiger partial charge in [-0.3, -0.25) is 14.9 Å². The van der Waals surface area contributed by atoms with Gasteiger partial charge in [-0.05, 0) is 30.6 Å². The van der Waals surface area contributed by atoms with Crippen LogP contribution in [-0.2, 0) is 14.8 Å². The Bertz CT molecular complexity index is 659. The fraction of sp³-hybridized carbons (Fsp3) is 0.933. The monoisotopic (exact) mass is 344 g/mol. The van der Waals surface area contributed by atoms with Crippen LogP contribution in [-0.4, -0.2) is 41.9 Å². The summed E-state index contributed by atoms with van der Waals surface area (Å²) in [5.41, 5.74) is -0.412. The lowest BCUT2D eigenvalue weighted by Crippen LogP contribution is -2.44. The maximum absolute atomic E-state index is 12.7. The Kier molecular flexibility index (Phi) is 3.56. The summed E-state index contributed by atoms with van der Waals surface area (Å²) in [6, 6.07) is -0.253. The molecule has 1 aliphatic heterocycles. The quantitative estimate of drug-likeness (QED) is 0.570. The van der Waals surface area contributed by atoms with Gasteiger partial charge in [0.1, 0.15) is 0 Å². The van der Waals surface area contributed by atoms with Crippen molar-refractivity contribution in [2.24, 2.45) is 22.7 Å². The molecule has 0 unspecified atom stereocenters. The third-order valence-electron chi connectivity index (χ3n) is 6.64. The van der Waals surface area contributed by atoms with Gasteiger partial charge in [0.15, 0.2) is 0 Å². The van der Waals surface area contributed by atoms with E-state index in [4.69, 9.17) is 0 Å². The van der Waals surface area contributed by atoms with E-state index in [0.29, 0.717) is 5.92 Å². The summed E-state index contributed by atoms with van der Waals surface area (Å²) in [4.78, 5) is 22.7. The average molecular weight is 344 g/mol. The van der Waals surface area contributed by atoms with Gasteiger partial charge >= 0.3 is 0 Å². The second kappa shape index (κ2) is 4.91. The molecule has 0 N–H and O–H groups in total. The Morgan fingerprint density at radius 2 is 2.09 bits per heavy atom. The van der Waals surface area contributed by atoms with Gasteiger partial charge in [-0.25, -0.2) is 12.7 Å². The van der Waals surface area contributed by atoms with Crippen LogP contribution in [0.25, 0.3) is 0 Å². The van der Waals surface area contributed by atoms with Crippen molar-refractivity contribution in [2.45, 2.75) is 52.5 Å². The molecule has 3 aliphatic rings. The number of hydrogen-bond donors (Lipinski definition) is 0. The Morgan fingerprint density at radius 1 is 1.43 bits per heavy atom. The summed E-state index contributed by atoms with van der Waals surface area (Å²) in [7, 11) is -3.62. The van der Waals surface area contributed by atoms with Crippen LogP contribution in [0, 0.1) is 32.8 Å². The fourth-order valence-electron chi connectivity index (χ4n) is 5.32. The molecule has 0 aromatic rings. The summed E-state index contributed by atoms with van der Waals surface area (Å²) < 4.78 is 26.4. The van der Waals surface area contributed by atoms with E-state index in [1.165, 1.54) is 0 Å². The molecule has 4 atom stereocenters. The number of rotatable bonds is 4. The maximum Gasteiger partial charge on any atom is 0.238 e. The minimum absolute atomic E-state index is 0.0452. The van der Waals surface area contributed by atoms with E-state index >= 15 is 0 Å². The van der Waals surface area contributed by atoms with Gasteiger partial charge in [-0.2, -0.15) is 0 Å². The minimum atomic E-state index is -3.62. The molecule has 23 heavy (non-hydrogen) atoms. The zero-order valence-corrected chi connectivity index (χ0v) is 14.6. The van der Waals surface area contributed by atoms with Gasteiger partial charge in [-0.1, -0.05) is 20.8 Å². The van der Waals surface area contributed by atoms with Crippen LogP contribution < -0.4 is 0 Å². The Labute approximate surface area is 136 Å². The van der Waals surface area contributed by atoms with Crippen molar-refractivity contribution in [3.8, 4) is 0 Å². The lowest BCUT2D eigenvalue weighted by molar-refractivity contribution is -0.487. The first-order valence-corrected chi connectivity index (χ1v) is 9.79. The number of carbonyl (C=O) groups excluding carboxylic acids is 1. The van der Waals surface area contributed by atoms with E-state index in [2.05, 4.69) is 13.8 Å². The number of sulfonamides is 1. The lowest BCUT2D eigenvalue weighted by atomic mass is 9.69. The zero-order chi connectivity index (χ0) is 17.2. The molecule has 130 valence electrons. The van der Waals surface area contributed by atoms with Crippen LogP contribution in [0.1, 0.15) is 46.5 Å². The van der Waals surface area contributed by atoms with E-state index in [0.717, 1.165) is 23.6 Å². The van der Waals surface area contributed by atoms with E-state index < -0.39 is 26.8 Å². The van der Waals surface area contributed by atoms with Crippen molar-refractivity contribution in [1.82, 2.24) is 4.31 Å². The number of nitro groups is 1. The molecule has 8 heteroatoms. The van der Waals surface area contributed by atoms with Crippen molar-refractivity contribution in [3.05, 3.63) is 10.1 Å². The molecule has 7 nitrogen and oxygen atoms in total. The molecule has 1 amide bonds. The highest BCUT2D eigenvalue weighted by atomic mass is 32.2.